The molecule has 0 spiro atoms. The van der Waals surface area contributed by atoms with Gasteiger partial charge in [-0.1, -0.05) is 36.4 Å². The lowest BCUT2D eigenvalue weighted by atomic mass is 10.1. The van der Waals surface area contributed by atoms with Crippen molar-refractivity contribution in [3.63, 3.8) is 0 Å². The molecule has 0 atom stereocenters. The van der Waals surface area contributed by atoms with Gasteiger partial charge in [-0.3, -0.25) is 9.69 Å². The van der Waals surface area contributed by atoms with Gasteiger partial charge in [0.25, 0.3) is 5.91 Å². The highest BCUT2D eigenvalue weighted by Gasteiger charge is 2.33. The largest absolute Gasteiger partial charge is 0.493 e. The summed E-state index contributed by atoms with van der Waals surface area (Å²) in [5, 5.41) is 0. The number of carbonyl (C=O) groups is 1. The van der Waals surface area contributed by atoms with E-state index in [2.05, 4.69) is 4.99 Å². The second-order valence-corrected chi connectivity index (χ2v) is 7.36. The predicted octanol–water partition coefficient (Wildman–Crippen LogP) is 4.99. The molecule has 33 heavy (non-hydrogen) atoms. The number of anilines is 1. The van der Waals surface area contributed by atoms with Crippen LogP contribution in [-0.2, 0) is 4.79 Å². The number of carbonyl (C=O) groups excluding carboxylic acids is 1. The van der Waals surface area contributed by atoms with Crippen LogP contribution in [-0.4, -0.2) is 33.1 Å². The smallest absolute Gasteiger partial charge is 0.282 e. The number of halogens is 1. The van der Waals surface area contributed by atoms with E-state index in [0.29, 0.717) is 39.9 Å². The average molecular weight is 446 g/mol. The summed E-state index contributed by atoms with van der Waals surface area (Å²) in [6, 6.07) is 17.4. The maximum absolute atomic E-state index is 14.3. The first-order valence-electron chi connectivity index (χ1n) is 10.2. The molecule has 3 aromatic carbocycles. The van der Waals surface area contributed by atoms with E-state index in [1.165, 1.54) is 32.3 Å². The standard InChI is InChI=1S/C26H23FN2O4/c1-16-10-11-19(15-20(16)27)29-25(18-8-6-5-7-9-18)28-21(26(29)30)12-17-13-22(31-2)24(33-4)23(14-17)32-3/h5-15H,1-4H3/b21-12-. The van der Waals surface area contributed by atoms with Crippen LogP contribution in [0.15, 0.2) is 71.4 Å². The van der Waals surface area contributed by atoms with Gasteiger partial charge in [0.2, 0.25) is 5.75 Å². The normalized spacial score (nSPS) is 14.5. The van der Waals surface area contributed by atoms with Crippen LogP contribution in [0.5, 0.6) is 17.2 Å². The molecule has 0 N–H and O–H groups in total. The van der Waals surface area contributed by atoms with Gasteiger partial charge in [-0.15, -0.1) is 0 Å². The van der Waals surface area contributed by atoms with E-state index in [0.717, 1.165) is 5.56 Å². The molecule has 168 valence electrons. The molecule has 1 heterocycles. The Balaban J connectivity index is 1.84. The Morgan fingerprint density at radius 1 is 0.909 bits per heavy atom. The molecular formula is C26H23FN2O4. The second kappa shape index (κ2) is 9.16. The van der Waals surface area contributed by atoms with Gasteiger partial charge < -0.3 is 14.2 Å². The minimum atomic E-state index is -0.394. The molecule has 0 unspecified atom stereocenters. The van der Waals surface area contributed by atoms with Gasteiger partial charge in [-0.2, -0.15) is 0 Å². The SMILES string of the molecule is COc1cc(/C=C2\N=C(c3ccccc3)N(c3ccc(C)c(F)c3)C2=O)cc(OC)c1OC. The number of methoxy groups -OCH3 is 3. The third-order valence-corrected chi connectivity index (χ3v) is 5.30. The van der Waals surface area contributed by atoms with E-state index in [1.54, 1.807) is 37.3 Å². The summed E-state index contributed by atoms with van der Waals surface area (Å²) < 4.78 is 30.5. The Labute approximate surface area is 191 Å². The van der Waals surface area contributed by atoms with E-state index in [4.69, 9.17) is 14.2 Å². The number of amides is 1. The van der Waals surface area contributed by atoms with Crippen molar-refractivity contribution < 1.29 is 23.4 Å². The van der Waals surface area contributed by atoms with E-state index < -0.39 is 5.82 Å². The molecule has 0 saturated carbocycles. The number of rotatable bonds is 6. The second-order valence-electron chi connectivity index (χ2n) is 7.36. The van der Waals surface area contributed by atoms with E-state index in [-0.39, 0.29) is 11.6 Å². The van der Waals surface area contributed by atoms with Crippen LogP contribution in [0.25, 0.3) is 6.08 Å². The fourth-order valence-corrected chi connectivity index (χ4v) is 3.60. The minimum absolute atomic E-state index is 0.198. The third-order valence-electron chi connectivity index (χ3n) is 5.30. The van der Waals surface area contributed by atoms with Crippen LogP contribution < -0.4 is 19.1 Å². The number of aryl methyl sites for hydroxylation is 1. The van der Waals surface area contributed by atoms with Crippen molar-refractivity contribution in [2.45, 2.75) is 6.92 Å². The number of amidine groups is 1. The molecule has 1 aliphatic rings. The summed E-state index contributed by atoms with van der Waals surface area (Å²) in [5.41, 5.74) is 2.47. The molecule has 1 amide bonds. The summed E-state index contributed by atoms with van der Waals surface area (Å²) in [5.74, 6) is 1.02. The van der Waals surface area contributed by atoms with Crippen molar-refractivity contribution in [3.05, 3.63) is 88.9 Å². The van der Waals surface area contributed by atoms with E-state index >= 15 is 0 Å². The molecule has 0 radical (unpaired) electrons. The zero-order valence-corrected chi connectivity index (χ0v) is 18.8. The Morgan fingerprint density at radius 3 is 2.15 bits per heavy atom. The fourth-order valence-electron chi connectivity index (χ4n) is 3.60. The number of aliphatic imine (C=N–C) groups is 1. The maximum Gasteiger partial charge on any atom is 0.282 e. The molecule has 7 heteroatoms. The first-order valence-corrected chi connectivity index (χ1v) is 10.2. The Hall–Kier alpha value is -4.13. The van der Waals surface area contributed by atoms with Crippen LogP contribution in [0.1, 0.15) is 16.7 Å². The summed E-state index contributed by atoms with van der Waals surface area (Å²) in [6.07, 6.45) is 1.64. The molecular weight excluding hydrogens is 423 g/mol. The van der Waals surface area contributed by atoms with E-state index in [1.807, 2.05) is 30.3 Å². The van der Waals surface area contributed by atoms with Crippen LogP contribution >= 0.6 is 0 Å². The molecule has 0 aromatic heterocycles. The molecule has 6 nitrogen and oxygen atoms in total. The Kier molecular flexibility index (Phi) is 6.13. The van der Waals surface area contributed by atoms with E-state index in [9.17, 15) is 9.18 Å². The van der Waals surface area contributed by atoms with Crippen molar-refractivity contribution >= 4 is 23.5 Å². The summed E-state index contributed by atoms with van der Waals surface area (Å²) >= 11 is 0. The fraction of sp³-hybridized carbons (Fsp3) is 0.154. The first kappa shape index (κ1) is 22.1. The number of nitrogens with zero attached hydrogens (tertiary/aromatic N) is 2. The quantitative estimate of drug-likeness (QED) is 0.501. The topological polar surface area (TPSA) is 60.4 Å². The van der Waals surface area contributed by atoms with Crippen LogP contribution in [0.4, 0.5) is 10.1 Å². The van der Waals surface area contributed by atoms with Gasteiger partial charge in [-0.25, -0.2) is 9.38 Å². The maximum atomic E-state index is 14.3. The Bertz CT molecular complexity index is 1240. The summed E-state index contributed by atoms with van der Waals surface area (Å²) in [6.45, 7) is 1.67. The van der Waals surface area contributed by atoms with Gasteiger partial charge in [0.05, 0.1) is 27.0 Å². The number of benzene rings is 3. The lowest BCUT2D eigenvalue weighted by molar-refractivity contribution is -0.113. The van der Waals surface area contributed by atoms with Crippen molar-refractivity contribution in [3.8, 4) is 17.2 Å². The minimum Gasteiger partial charge on any atom is -0.493 e. The van der Waals surface area contributed by atoms with Crippen molar-refractivity contribution in [2.24, 2.45) is 4.99 Å². The third kappa shape index (κ3) is 4.17. The van der Waals surface area contributed by atoms with Gasteiger partial charge in [-0.05, 0) is 48.4 Å². The lowest BCUT2D eigenvalue weighted by Gasteiger charge is -2.19. The zero-order valence-electron chi connectivity index (χ0n) is 18.8. The summed E-state index contributed by atoms with van der Waals surface area (Å²) in [4.78, 5) is 19.5. The molecule has 3 aromatic rings. The molecule has 0 aliphatic carbocycles. The van der Waals surface area contributed by atoms with Crippen molar-refractivity contribution in [1.82, 2.24) is 0 Å². The number of hydrogen-bond acceptors (Lipinski definition) is 5. The highest BCUT2D eigenvalue weighted by Crippen LogP contribution is 2.39. The van der Waals surface area contributed by atoms with Crippen molar-refractivity contribution in [1.29, 1.82) is 0 Å². The van der Waals surface area contributed by atoms with Gasteiger partial charge >= 0.3 is 0 Å². The van der Waals surface area contributed by atoms with Crippen LogP contribution in [0, 0.1) is 12.7 Å². The summed E-state index contributed by atoms with van der Waals surface area (Å²) in [7, 11) is 4.57. The predicted molar refractivity (Wildman–Crippen MR) is 126 cm³/mol. The number of hydrogen-bond donors (Lipinski definition) is 0. The van der Waals surface area contributed by atoms with Gasteiger partial charge in [0, 0.05) is 5.56 Å². The molecule has 0 bridgehead atoms. The van der Waals surface area contributed by atoms with Crippen LogP contribution in [0.3, 0.4) is 0 Å². The average Bonchev–Trinajstić information content (AvgIpc) is 3.16. The van der Waals surface area contributed by atoms with Crippen LogP contribution in [0.2, 0.25) is 0 Å². The monoisotopic (exact) mass is 446 g/mol. The zero-order chi connectivity index (χ0) is 23.5. The molecule has 4 rings (SSSR count). The molecule has 0 saturated heterocycles. The highest BCUT2D eigenvalue weighted by atomic mass is 19.1. The van der Waals surface area contributed by atoms with Crippen molar-refractivity contribution in [2.75, 3.05) is 26.2 Å². The first-order chi connectivity index (χ1) is 16.0. The lowest BCUT2D eigenvalue weighted by Crippen LogP contribution is -2.32. The van der Waals surface area contributed by atoms with Gasteiger partial charge in [0.15, 0.2) is 11.5 Å². The van der Waals surface area contributed by atoms with Gasteiger partial charge in [0.1, 0.15) is 17.3 Å². The molecule has 1 aliphatic heterocycles. The molecule has 0 fully saturated rings. The highest BCUT2D eigenvalue weighted by molar-refractivity contribution is 6.33. The number of ether oxygens (including phenoxy) is 3. The Morgan fingerprint density at radius 2 is 1.58 bits per heavy atom.